The Morgan fingerprint density at radius 1 is 1.41 bits per heavy atom. The predicted molar refractivity (Wildman–Crippen MR) is 61.0 cm³/mol. The highest BCUT2D eigenvalue weighted by atomic mass is 35.5. The van der Waals surface area contributed by atoms with Gasteiger partial charge in [0.05, 0.1) is 0 Å². The normalized spacial score (nSPS) is 29.9. The Hall–Kier alpha value is -1.56. The number of hydrogen-bond acceptors (Lipinski definition) is 4. The third kappa shape index (κ3) is 1.88. The highest BCUT2D eigenvalue weighted by Crippen LogP contribution is 2.46. The summed E-state index contributed by atoms with van der Waals surface area (Å²) in [4.78, 5) is 12.2. The van der Waals surface area contributed by atoms with Crippen LogP contribution in [0.5, 0.6) is 0 Å². The molecule has 6 nitrogen and oxygen atoms in total. The minimum absolute atomic E-state index is 0.320. The van der Waals surface area contributed by atoms with Gasteiger partial charge < -0.3 is 15.3 Å². The molecule has 3 rings (SSSR count). The van der Waals surface area contributed by atoms with Crippen LogP contribution in [0.1, 0.15) is 0 Å². The van der Waals surface area contributed by atoms with Crippen LogP contribution in [-0.4, -0.2) is 45.4 Å². The number of carbonyl (C=O) groups is 1. The molecular formula is C10H11ClN4O2. The number of nitrogens with one attached hydrogen (secondary N) is 1. The highest BCUT2D eigenvalue weighted by molar-refractivity contribution is 6.29. The molecule has 1 aliphatic carbocycles. The van der Waals surface area contributed by atoms with Gasteiger partial charge in [-0.3, -0.25) is 0 Å². The van der Waals surface area contributed by atoms with Gasteiger partial charge in [0, 0.05) is 31.0 Å². The maximum atomic E-state index is 10.7. The summed E-state index contributed by atoms with van der Waals surface area (Å²) in [7, 11) is 0. The second kappa shape index (κ2) is 3.73. The summed E-state index contributed by atoms with van der Waals surface area (Å²) >= 11 is 5.64. The first-order chi connectivity index (χ1) is 8.15. The first kappa shape index (κ1) is 10.6. The molecule has 1 amide bonds. The average Bonchev–Trinajstić information content (AvgIpc) is 2.76. The number of anilines is 1. The van der Waals surface area contributed by atoms with E-state index in [1.807, 2.05) is 0 Å². The lowest BCUT2D eigenvalue weighted by molar-refractivity contribution is 0.150. The summed E-state index contributed by atoms with van der Waals surface area (Å²) < 4.78 is 0. The predicted octanol–water partition coefficient (Wildman–Crippen LogP) is 1.15. The second-order valence-corrected chi connectivity index (χ2v) is 4.81. The van der Waals surface area contributed by atoms with Gasteiger partial charge in [0.25, 0.3) is 0 Å². The van der Waals surface area contributed by atoms with Gasteiger partial charge >= 0.3 is 6.09 Å². The SMILES string of the molecule is O=C(O)N1C[C@@H]2C(Nc3ccc(Cl)nn3)[C@@H]2C1. The first-order valence-corrected chi connectivity index (χ1v) is 5.76. The average molecular weight is 255 g/mol. The topological polar surface area (TPSA) is 78.4 Å². The van der Waals surface area contributed by atoms with E-state index in [4.69, 9.17) is 16.7 Å². The van der Waals surface area contributed by atoms with Gasteiger partial charge in [-0.1, -0.05) is 11.6 Å². The van der Waals surface area contributed by atoms with Crippen molar-refractivity contribution in [3.8, 4) is 0 Å². The van der Waals surface area contributed by atoms with Crippen LogP contribution in [0.3, 0.4) is 0 Å². The Morgan fingerprint density at radius 2 is 2.12 bits per heavy atom. The maximum Gasteiger partial charge on any atom is 0.407 e. The van der Waals surface area contributed by atoms with E-state index in [2.05, 4.69) is 15.5 Å². The lowest BCUT2D eigenvalue weighted by Gasteiger charge is -2.16. The van der Waals surface area contributed by atoms with Gasteiger partial charge in [-0.05, 0) is 12.1 Å². The van der Waals surface area contributed by atoms with Gasteiger partial charge in [-0.2, -0.15) is 0 Å². The molecule has 1 unspecified atom stereocenters. The quantitative estimate of drug-likeness (QED) is 0.828. The van der Waals surface area contributed by atoms with E-state index >= 15 is 0 Å². The Balaban J connectivity index is 1.57. The minimum atomic E-state index is -0.831. The maximum absolute atomic E-state index is 10.7. The molecule has 0 radical (unpaired) electrons. The number of halogens is 1. The number of hydrogen-bond donors (Lipinski definition) is 2. The van der Waals surface area contributed by atoms with Crippen LogP contribution in [0.2, 0.25) is 5.15 Å². The van der Waals surface area contributed by atoms with E-state index in [1.54, 1.807) is 12.1 Å². The summed E-state index contributed by atoms with van der Waals surface area (Å²) in [5.41, 5.74) is 0. The van der Waals surface area contributed by atoms with Crippen molar-refractivity contribution in [3.05, 3.63) is 17.3 Å². The number of amides is 1. The molecule has 90 valence electrons. The van der Waals surface area contributed by atoms with Crippen molar-refractivity contribution < 1.29 is 9.90 Å². The van der Waals surface area contributed by atoms with Gasteiger partial charge in [-0.15, -0.1) is 10.2 Å². The lowest BCUT2D eigenvalue weighted by atomic mass is 10.4. The molecule has 7 heteroatoms. The number of rotatable bonds is 2. The summed E-state index contributed by atoms with van der Waals surface area (Å²) in [6.45, 7) is 1.22. The number of nitrogens with zero attached hydrogens (tertiary/aromatic N) is 3. The number of aromatic nitrogens is 2. The third-order valence-corrected chi connectivity index (χ3v) is 3.61. The zero-order valence-corrected chi connectivity index (χ0v) is 9.63. The molecule has 1 aliphatic heterocycles. The minimum Gasteiger partial charge on any atom is -0.465 e. The number of carboxylic acid groups (broad SMARTS) is 1. The Bertz CT molecular complexity index is 440. The molecule has 0 bridgehead atoms. The van der Waals surface area contributed by atoms with Crippen LogP contribution in [0, 0.1) is 11.8 Å². The Morgan fingerprint density at radius 3 is 2.65 bits per heavy atom. The molecule has 2 fully saturated rings. The van der Waals surface area contributed by atoms with Crippen LogP contribution in [0.25, 0.3) is 0 Å². The Labute approximate surface area is 103 Å². The van der Waals surface area contributed by atoms with Crippen LogP contribution in [0.15, 0.2) is 12.1 Å². The van der Waals surface area contributed by atoms with Gasteiger partial charge in [0.15, 0.2) is 5.15 Å². The van der Waals surface area contributed by atoms with Crippen molar-refractivity contribution in [1.29, 1.82) is 0 Å². The van der Waals surface area contributed by atoms with E-state index in [1.165, 1.54) is 4.90 Å². The van der Waals surface area contributed by atoms with Crippen molar-refractivity contribution in [1.82, 2.24) is 15.1 Å². The summed E-state index contributed by atoms with van der Waals surface area (Å²) in [5.74, 6) is 1.50. The van der Waals surface area contributed by atoms with Crippen molar-refractivity contribution in [2.45, 2.75) is 6.04 Å². The fraction of sp³-hybridized carbons (Fsp3) is 0.500. The van der Waals surface area contributed by atoms with Crippen LogP contribution in [-0.2, 0) is 0 Å². The standard InChI is InChI=1S/C10H11ClN4O2/c11-7-1-2-8(14-13-7)12-9-5-3-15(10(16)17)4-6(5)9/h1-2,5-6,9H,3-4H2,(H,12,14)(H,16,17)/t5-,6+,9?. The van der Waals surface area contributed by atoms with Gasteiger partial charge in [0.1, 0.15) is 5.82 Å². The lowest BCUT2D eigenvalue weighted by Crippen LogP contribution is -2.32. The van der Waals surface area contributed by atoms with Gasteiger partial charge in [-0.25, -0.2) is 4.79 Å². The molecule has 0 aromatic carbocycles. The zero-order chi connectivity index (χ0) is 12.0. The molecule has 2 aliphatic rings. The molecule has 2 heterocycles. The number of piperidine rings is 1. The second-order valence-electron chi connectivity index (χ2n) is 4.43. The summed E-state index contributed by atoms with van der Waals surface area (Å²) in [6.07, 6.45) is -0.831. The van der Waals surface area contributed by atoms with Crippen molar-refractivity contribution in [2.24, 2.45) is 11.8 Å². The molecule has 1 aromatic heterocycles. The van der Waals surface area contributed by atoms with E-state index in [0.717, 1.165) is 0 Å². The van der Waals surface area contributed by atoms with E-state index in [-0.39, 0.29) is 0 Å². The zero-order valence-electron chi connectivity index (χ0n) is 8.88. The van der Waals surface area contributed by atoms with E-state index in [9.17, 15) is 4.79 Å². The summed E-state index contributed by atoms with van der Waals surface area (Å²) in [5, 5.41) is 20.1. The fourth-order valence-corrected chi connectivity index (χ4v) is 2.56. The third-order valence-electron chi connectivity index (χ3n) is 3.41. The molecule has 1 saturated carbocycles. The van der Waals surface area contributed by atoms with Crippen molar-refractivity contribution in [3.63, 3.8) is 0 Å². The molecule has 0 spiro atoms. The first-order valence-electron chi connectivity index (χ1n) is 5.39. The summed E-state index contributed by atoms with van der Waals surface area (Å²) in [6, 6.07) is 3.78. The molecule has 1 aromatic rings. The van der Waals surface area contributed by atoms with E-state index in [0.29, 0.717) is 41.9 Å². The molecule has 17 heavy (non-hydrogen) atoms. The number of fused-ring (bicyclic) bond motifs is 1. The monoisotopic (exact) mass is 254 g/mol. The largest absolute Gasteiger partial charge is 0.465 e. The molecule has 3 atom stereocenters. The van der Waals surface area contributed by atoms with Gasteiger partial charge in [0.2, 0.25) is 0 Å². The van der Waals surface area contributed by atoms with Crippen molar-refractivity contribution in [2.75, 3.05) is 18.4 Å². The Kier molecular flexibility index (Phi) is 2.32. The van der Waals surface area contributed by atoms with Crippen LogP contribution in [0.4, 0.5) is 10.6 Å². The van der Waals surface area contributed by atoms with Crippen LogP contribution < -0.4 is 5.32 Å². The van der Waals surface area contributed by atoms with Crippen molar-refractivity contribution >= 4 is 23.5 Å². The molecular weight excluding hydrogens is 244 g/mol. The van der Waals surface area contributed by atoms with E-state index < -0.39 is 6.09 Å². The van der Waals surface area contributed by atoms with Crippen LogP contribution >= 0.6 is 11.6 Å². The molecule has 1 saturated heterocycles. The highest BCUT2D eigenvalue weighted by Gasteiger charge is 2.57. The molecule has 2 N–H and O–H groups in total. The number of likely N-dealkylation sites (tertiary alicyclic amines) is 1. The smallest absolute Gasteiger partial charge is 0.407 e. The fourth-order valence-electron chi connectivity index (χ4n) is 2.46.